The Morgan fingerprint density at radius 2 is 2.33 bits per heavy atom. The Kier molecular flexibility index (Phi) is 6.58. The van der Waals surface area contributed by atoms with Crippen LogP contribution in [-0.4, -0.2) is 31.8 Å². The van der Waals surface area contributed by atoms with Crippen LogP contribution in [0.2, 0.25) is 0 Å². The van der Waals surface area contributed by atoms with E-state index in [4.69, 9.17) is 10.5 Å². The number of nitrogens with two attached hydrogens (primary N) is 1. The summed E-state index contributed by atoms with van der Waals surface area (Å²) in [5.41, 5.74) is 5.39. The van der Waals surface area contributed by atoms with Crippen LogP contribution in [0.15, 0.2) is 0 Å². The zero-order valence-corrected chi connectivity index (χ0v) is 6.91. The molecule has 0 bridgehead atoms. The predicted molar refractivity (Wildman–Crippen MR) is 42.9 cm³/mol. The normalized spacial score (nSPS) is 13.7. The van der Waals surface area contributed by atoms with Gasteiger partial charge < -0.3 is 10.5 Å². The van der Waals surface area contributed by atoms with Crippen LogP contribution in [0.5, 0.6) is 0 Å². The van der Waals surface area contributed by atoms with E-state index in [9.17, 15) is 0 Å². The van der Waals surface area contributed by atoms with E-state index in [0.717, 1.165) is 12.2 Å². The Morgan fingerprint density at radius 3 is 2.67 bits per heavy atom. The van der Waals surface area contributed by atoms with Crippen LogP contribution < -0.4 is 5.73 Å². The molecule has 0 saturated heterocycles. The summed E-state index contributed by atoms with van der Waals surface area (Å²) < 4.78 is 5.06. The second-order valence-electron chi connectivity index (χ2n) is 1.87. The first kappa shape index (κ1) is 9.27. The lowest BCUT2D eigenvalue weighted by atomic mass is 10.3. The first-order chi connectivity index (χ1) is 4.35. The molecule has 0 aromatic heterocycles. The van der Waals surface area contributed by atoms with Gasteiger partial charge >= 0.3 is 0 Å². The average molecular weight is 149 g/mol. The molecule has 1 atom stereocenters. The van der Waals surface area contributed by atoms with Gasteiger partial charge in [-0.1, -0.05) is 0 Å². The molecule has 0 aromatic carbocycles. The van der Waals surface area contributed by atoms with Gasteiger partial charge in [-0.2, -0.15) is 11.8 Å². The van der Waals surface area contributed by atoms with Crippen molar-refractivity contribution in [2.24, 2.45) is 5.73 Å². The van der Waals surface area contributed by atoms with Gasteiger partial charge in [0.2, 0.25) is 0 Å². The smallest absolute Gasteiger partial charge is 0.0701 e. The maximum atomic E-state index is 5.39. The number of rotatable bonds is 5. The van der Waals surface area contributed by atoms with Gasteiger partial charge in [-0.05, 0) is 18.4 Å². The van der Waals surface area contributed by atoms with E-state index in [2.05, 4.69) is 6.26 Å². The molecule has 0 aromatic rings. The van der Waals surface area contributed by atoms with E-state index in [1.54, 1.807) is 7.11 Å². The molecule has 0 aliphatic carbocycles. The van der Waals surface area contributed by atoms with Gasteiger partial charge in [-0.25, -0.2) is 0 Å². The molecule has 3 heteroatoms. The Labute approximate surface area is 61.1 Å². The highest BCUT2D eigenvalue weighted by molar-refractivity contribution is 7.98. The zero-order valence-electron chi connectivity index (χ0n) is 6.09. The summed E-state index contributed by atoms with van der Waals surface area (Å²) >= 11 is 1.83. The van der Waals surface area contributed by atoms with Crippen molar-refractivity contribution in [3.8, 4) is 0 Å². The minimum Gasteiger partial charge on any atom is -0.380 e. The van der Waals surface area contributed by atoms with Crippen LogP contribution in [0.25, 0.3) is 0 Å². The second kappa shape index (κ2) is 6.39. The summed E-state index contributed by atoms with van der Waals surface area (Å²) in [6.07, 6.45) is 3.41. The van der Waals surface area contributed by atoms with Crippen LogP contribution in [-0.2, 0) is 4.74 Å². The van der Waals surface area contributed by atoms with Crippen molar-refractivity contribution in [2.45, 2.75) is 12.5 Å². The van der Waals surface area contributed by atoms with E-state index in [0.29, 0.717) is 6.54 Å². The van der Waals surface area contributed by atoms with Crippen molar-refractivity contribution in [2.75, 3.05) is 25.7 Å². The molecule has 0 heterocycles. The minimum absolute atomic E-state index is 0.262. The summed E-state index contributed by atoms with van der Waals surface area (Å²) in [5, 5.41) is 0. The molecular formula is C6H15NOS. The maximum absolute atomic E-state index is 5.39. The molecule has 0 rings (SSSR count). The van der Waals surface area contributed by atoms with Crippen LogP contribution in [0.1, 0.15) is 6.42 Å². The van der Waals surface area contributed by atoms with Gasteiger partial charge in [0, 0.05) is 13.7 Å². The molecule has 56 valence electrons. The molecule has 0 amide bonds. The highest BCUT2D eigenvalue weighted by atomic mass is 32.2. The van der Waals surface area contributed by atoms with Crippen LogP contribution >= 0.6 is 11.8 Å². The molecule has 2 N–H and O–H groups in total. The predicted octanol–water partition coefficient (Wildman–Crippen LogP) is 0.713. The van der Waals surface area contributed by atoms with Crippen molar-refractivity contribution < 1.29 is 4.74 Å². The second-order valence-corrected chi connectivity index (χ2v) is 2.86. The van der Waals surface area contributed by atoms with E-state index in [1.165, 1.54) is 0 Å². The first-order valence-electron chi connectivity index (χ1n) is 3.07. The first-order valence-corrected chi connectivity index (χ1v) is 4.46. The molecule has 1 unspecified atom stereocenters. The Balaban J connectivity index is 3.09. The summed E-state index contributed by atoms with van der Waals surface area (Å²) in [6, 6.07) is 0. The van der Waals surface area contributed by atoms with Gasteiger partial charge in [0.15, 0.2) is 0 Å². The molecule has 0 aliphatic heterocycles. The molecular weight excluding hydrogens is 134 g/mol. The summed E-state index contributed by atoms with van der Waals surface area (Å²) in [6.45, 7) is 0.636. The molecule has 0 saturated carbocycles. The third kappa shape index (κ3) is 4.75. The average Bonchev–Trinajstić information content (AvgIpc) is 1.91. The highest BCUT2D eigenvalue weighted by Crippen LogP contribution is 2.01. The van der Waals surface area contributed by atoms with E-state index < -0.39 is 0 Å². The SMILES string of the molecule is COC(CN)CCSC. The van der Waals surface area contributed by atoms with Crippen LogP contribution in [0.4, 0.5) is 0 Å². The third-order valence-corrected chi connectivity index (χ3v) is 1.88. The molecule has 9 heavy (non-hydrogen) atoms. The fraction of sp³-hybridized carbons (Fsp3) is 1.00. The fourth-order valence-electron chi connectivity index (χ4n) is 0.581. The van der Waals surface area contributed by atoms with Crippen LogP contribution in [0, 0.1) is 0 Å². The molecule has 2 nitrogen and oxygen atoms in total. The van der Waals surface area contributed by atoms with Gasteiger partial charge in [-0.15, -0.1) is 0 Å². The molecule has 0 fully saturated rings. The highest BCUT2D eigenvalue weighted by Gasteiger charge is 2.01. The monoisotopic (exact) mass is 149 g/mol. The van der Waals surface area contributed by atoms with Gasteiger partial charge in [0.05, 0.1) is 6.10 Å². The summed E-state index contributed by atoms with van der Waals surface area (Å²) in [5.74, 6) is 1.13. The molecule has 0 spiro atoms. The largest absolute Gasteiger partial charge is 0.380 e. The standard InChI is InChI=1S/C6H15NOS/c1-8-6(5-7)3-4-9-2/h6H,3-5,7H2,1-2H3. The van der Waals surface area contributed by atoms with Gasteiger partial charge in [0.1, 0.15) is 0 Å². The molecule has 0 aliphatic rings. The topological polar surface area (TPSA) is 35.2 Å². The summed E-state index contributed by atoms with van der Waals surface area (Å²) in [7, 11) is 1.71. The number of methoxy groups -OCH3 is 1. The number of hydrogen-bond acceptors (Lipinski definition) is 3. The Hall–Kier alpha value is 0.270. The van der Waals surface area contributed by atoms with Crippen LogP contribution in [0.3, 0.4) is 0 Å². The van der Waals surface area contributed by atoms with Crippen molar-refractivity contribution in [1.82, 2.24) is 0 Å². The lowest BCUT2D eigenvalue weighted by Crippen LogP contribution is -2.22. The number of ether oxygens (including phenoxy) is 1. The van der Waals surface area contributed by atoms with Crippen molar-refractivity contribution in [1.29, 1.82) is 0 Å². The van der Waals surface area contributed by atoms with E-state index in [-0.39, 0.29) is 6.10 Å². The van der Waals surface area contributed by atoms with Gasteiger partial charge in [0.25, 0.3) is 0 Å². The maximum Gasteiger partial charge on any atom is 0.0701 e. The van der Waals surface area contributed by atoms with Gasteiger partial charge in [-0.3, -0.25) is 0 Å². The Morgan fingerprint density at radius 1 is 1.67 bits per heavy atom. The number of hydrogen-bond donors (Lipinski definition) is 1. The minimum atomic E-state index is 0.262. The van der Waals surface area contributed by atoms with Crippen molar-refractivity contribution in [3.05, 3.63) is 0 Å². The zero-order chi connectivity index (χ0) is 7.11. The third-order valence-electron chi connectivity index (χ3n) is 1.24. The quantitative estimate of drug-likeness (QED) is 0.625. The lowest BCUT2D eigenvalue weighted by Gasteiger charge is -2.10. The van der Waals surface area contributed by atoms with E-state index in [1.807, 2.05) is 11.8 Å². The van der Waals surface area contributed by atoms with Crippen molar-refractivity contribution in [3.63, 3.8) is 0 Å². The summed E-state index contributed by atoms with van der Waals surface area (Å²) in [4.78, 5) is 0. The molecule has 0 radical (unpaired) electrons. The van der Waals surface area contributed by atoms with E-state index >= 15 is 0 Å². The number of thioether (sulfide) groups is 1. The Bertz CT molecular complexity index is 57.0. The fourth-order valence-corrected chi connectivity index (χ4v) is 1.08. The van der Waals surface area contributed by atoms with Crippen molar-refractivity contribution >= 4 is 11.8 Å². The lowest BCUT2D eigenvalue weighted by molar-refractivity contribution is 0.107.